The number of urea groups is 1. The molecule has 3 saturated heterocycles. The highest BCUT2D eigenvalue weighted by Gasteiger charge is 2.56. The maximum absolute atomic E-state index is 13.6. The van der Waals surface area contributed by atoms with Gasteiger partial charge in [-0.25, -0.2) is 4.79 Å². The van der Waals surface area contributed by atoms with E-state index in [1.807, 2.05) is 24.3 Å². The summed E-state index contributed by atoms with van der Waals surface area (Å²) in [5.74, 6) is -0.211. The van der Waals surface area contributed by atoms with Crippen molar-refractivity contribution in [3.05, 3.63) is 63.1 Å². The van der Waals surface area contributed by atoms with Crippen molar-refractivity contribution in [3.8, 4) is 0 Å². The van der Waals surface area contributed by atoms with Crippen LogP contribution >= 0.6 is 34.8 Å². The van der Waals surface area contributed by atoms with Gasteiger partial charge in [-0.15, -0.1) is 0 Å². The molecule has 3 heterocycles. The molecule has 0 spiro atoms. The fraction of sp³-hybridized carbons (Fsp3) is 0.364. The average Bonchev–Trinajstić information content (AvgIpc) is 3.18. The van der Waals surface area contributed by atoms with Crippen LogP contribution in [0.3, 0.4) is 0 Å². The van der Waals surface area contributed by atoms with Gasteiger partial charge in [0.05, 0.1) is 16.6 Å². The van der Waals surface area contributed by atoms with E-state index in [9.17, 15) is 9.59 Å². The monoisotopic (exact) mass is 493 g/mol. The molecule has 168 valence electrons. The number of hydrogen-bond donors (Lipinski definition) is 1. The van der Waals surface area contributed by atoms with Crippen molar-refractivity contribution in [3.63, 3.8) is 0 Å². The van der Waals surface area contributed by atoms with Crippen LogP contribution in [0.1, 0.15) is 12.0 Å². The number of hydrogen-bond acceptors (Lipinski definition) is 5. The number of halogens is 3. The fourth-order valence-corrected chi connectivity index (χ4v) is 5.23. The molecule has 0 aromatic heterocycles. The van der Waals surface area contributed by atoms with Gasteiger partial charge in [-0.05, 0) is 48.4 Å². The number of nitrogens with one attached hydrogen (secondary N) is 1. The van der Waals surface area contributed by atoms with Crippen LogP contribution in [0, 0.1) is 0 Å². The molecule has 10 heteroatoms. The van der Waals surface area contributed by atoms with E-state index in [2.05, 4.69) is 15.1 Å². The molecule has 32 heavy (non-hydrogen) atoms. The molecule has 3 aliphatic rings. The highest BCUT2D eigenvalue weighted by Crippen LogP contribution is 2.34. The zero-order chi connectivity index (χ0) is 22.6. The third kappa shape index (κ3) is 3.62. The summed E-state index contributed by atoms with van der Waals surface area (Å²) < 4.78 is 0. The normalized spacial score (nSPS) is 25.9. The Balaban J connectivity index is 1.43. The predicted octanol–water partition coefficient (Wildman–Crippen LogP) is 3.83. The van der Waals surface area contributed by atoms with Gasteiger partial charge in [0, 0.05) is 30.8 Å². The summed E-state index contributed by atoms with van der Waals surface area (Å²) in [6.45, 7) is 1.74. The molecule has 3 amide bonds. The van der Waals surface area contributed by atoms with E-state index in [1.165, 1.54) is 4.90 Å². The van der Waals surface area contributed by atoms with Crippen LogP contribution in [-0.2, 0) is 11.3 Å². The number of benzene rings is 2. The van der Waals surface area contributed by atoms with Crippen LogP contribution in [0.15, 0.2) is 42.5 Å². The van der Waals surface area contributed by atoms with Crippen LogP contribution in [0.2, 0.25) is 15.1 Å². The number of carbonyl (C=O) groups excluding carboxylic acids is 2. The van der Waals surface area contributed by atoms with Gasteiger partial charge >= 0.3 is 6.03 Å². The second kappa shape index (κ2) is 8.39. The molecular weight excluding hydrogens is 473 g/mol. The van der Waals surface area contributed by atoms with E-state index < -0.39 is 12.2 Å². The molecule has 0 radical (unpaired) electrons. The number of carbonyl (C=O) groups is 2. The zero-order valence-corrected chi connectivity index (χ0v) is 19.6. The lowest BCUT2D eigenvalue weighted by molar-refractivity contribution is -0.139. The minimum absolute atomic E-state index is 0.140. The van der Waals surface area contributed by atoms with Crippen LogP contribution < -0.4 is 10.2 Å². The smallest absolute Gasteiger partial charge is 0.328 e. The maximum atomic E-state index is 13.6. The Bertz CT molecular complexity index is 1070. The highest BCUT2D eigenvalue weighted by molar-refractivity contribution is 6.42. The quantitative estimate of drug-likeness (QED) is 0.703. The average molecular weight is 495 g/mol. The molecule has 7 nitrogen and oxygen atoms in total. The Morgan fingerprint density at radius 1 is 1.00 bits per heavy atom. The minimum Gasteiger partial charge on any atom is -0.343 e. The number of likely N-dealkylation sites (N-methyl/N-ethyl adjacent to an activating group) is 1. The lowest BCUT2D eigenvalue weighted by Gasteiger charge is -2.44. The number of anilines is 1. The number of nitrogens with zero attached hydrogens (tertiary/aromatic N) is 4. The van der Waals surface area contributed by atoms with Crippen molar-refractivity contribution in [2.24, 2.45) is 0 Å². The van der Waals surface area contributed by atoms with E-state index in [0.717, 1.165) is 30.8 Å². The largest absolute Gasteiger partial charge is 0.343 e. The summed E-state index contributed by atoms with van der Waals surface area (Å²) in [6, 6.07) is 12.0. The van der Waals surface area contributed by atoms with Crippen LogP contribution in [-0.4, -0.2) is 65.3 Å². The number of imide groups is 1. The summed E-state index contributed by atoms with van der Waals surface area (Å²) in [4.78, 5) is 34.0. The topological polar surface area (TPSA) is 59.1 Å². The van der Waals surface area contributed by atoms with Crippen molar-refractivity contribution in [1.82, 2.24) is 20.0 Å². The van der Waals surface area contributed by atoms with Crippen LogP contribution in [0.25, 0.3) is 0 Å². The van der Waals surface area contributed by atoms with Crippen LogP contribution in [0.5, 0.6) is 0 Å². The van der Waals surface area contributed by atoms with E-state index >= 15 is 0 Å². The van der Waals surface area contributed by atoms with E-state index in [-0.39, 0.29) is 24.8 Å². The predicted molar refractivity (Wildman–Crippen MR) is 125 cm³/mol. The molecule has 2 aromatic carbocycles. The number of amides is 3. The van der Waals surface area contributed by atoms with Gasteiger partial charge < -0.3 is 9.80 Å². The summed E-state index contributed by atoms with van der Waals surface area (Å²) in [5, 5.41) is 5.01. The Morgan fingerprint density at radius 3 is 2.47 bits per heavy atom. The molecule has 1 N–H and O–H groups in total. The van der Waals surface area contributed by atoms with Crippen molar-refractivity contribution < 1.29 is 9.59 Å². The molecule has 3 aliphatic heterocycles. The maximum Gasteiger partial charge on any atom is 0.328 e. The van der Waals surface area contributed by atoms with Crippen molar-refractivity contribution >= 4 is 52.4 Å². The molecule has 3 unspecified atom stereocenters. The number of fused-ring (bicyclic) bond motifs is 3. The zero-order valence-electron chi connectivity index (χ0n) is 17.3. The second-order valence-electron chi connectivity index (χ2n) is 8.26. The van der Waals surface area contributed by atoms with Gasteiger partial charge in [-0.3, -0.25) is 19.9 Å². The fourth-order valence-electron chi connectivity index (χ4n) is 4.78. The van der Waals surface area contributed by atoms with Gasteiger partial charge in [-0.2, -0.15) is 0 Å². The third-order valence-electron chi connectivity index (χ3n) is 6.35. The van der Waals surface area contributed by atoms with Gasteiger partial charge in [0.2, 0.25) is 0 Å². The van der Waals surface area contributed by atoms with E-state index in [1.54, 1.807) is 30.1 Å². The van der Waals surface area contributed by atoms with E-state index in [0.29, 0.717) is 15.1 Å². The minimum atomic E-state index is -0.472. The first-order chi connectivity index (χ1) is 15.3. The first-order valence-electron chi connectivity index (χ1n) is 10.4. The van der Waals surface area contributed by atoms with Gasteiger partial charge in [-0.1, -0.05) is 40.9 Å². The first-order valence-corrected chi connectivity index (χ1v) is 11.5. The van der Waals surface area contributed by atoms with Crippen molar-refractivity contribution in [1.29, 1.82) is 0 Å². The molecule has 3 fully saturated rings. The Hall–Kier alpha value is -2.03. The van der Waals surface area contributed by atoms with Crippen molar-refractivity contribution in [2.45, 2.75) is 31.5 Å². The number of rotatable bonds is 3. The molecule has 5 rings (SSSR count). The Kier molecular flexibility index (Phi) is 5.72. The first kappa shape index (κ1) is 21.8. The molecule has 3 atom stereocenters. The molecule has 0 saturated carbocycles. The van der Waals surface area contributed by atoms with Gasteiger partial charge in [0.1, 0.15) is 18.5 Å². The summed E-state index contributed by atoms with van der Waals surface area (Å²) in [7, 11) is 1.73. The van der Waals surface area contributed by atoms with Gasteiger partial charge in [0.15, 0.2) is 0 Å². The standard InChI is InChI=1S/C22H22Cl3N5O2/c1-27-19-18(20(31)30(22(27)32)12-13-3-8-16(24)17(25)11-13)29-10-2-9-28(21(29)26-19)15-6-4-14(23)5-7-15/h3-8,11,18-19,21,26H,2,9-10,12H2,1H3. The lowest BCUT2D eigenvalue weighted by atomic mass is 10.1. The van der Waals surface area contributed by atoms with Gasteiger partial charge in [0.25, 0.3) is 5.91 Å². The molecular formula is C22H22Cl3N5O2. The SMILES string of the molecule is CN1C(=O)N(Cc2ccc(Cl)c(Cl)c2)C(=O)C2C1NC1N(c3ccc(Cl)cc3)CCCN21. The summed E-state index contributed by atoms with van der Waals surface area (Å²) in [6.07, 6.45) is 0.309. The lowest BCUT2D eigenvalue weighted by Crippen LogP contribution is -2.66. The molecule has 2 aromatic rings. The Morgan fingerprint density at radius 2 is 1.75 bits per heavy atom. The Labute approximate surface area is 201 Å². The van der Waals surface area contributed by atoms with Crippen LogP contribution in [0.4, 0.5) is 10.5 Å². The molecule has 0 aliphatic carbocycles. The third-order valence-corrected chi connectivity index (χ3v) is 7.34. The van der Waals surface area contributed by atoms with E-state index in [4.69, 9.17) is 34.8 Å². The molecule has 0 bridgehead atoms. The highest BCUT2D eigenvalue weighted by atomic mass is 35.5. The van der Waals surface area contributed by atoms with Crippen molar-refractivity contribution in [2.75, 3.05) is 25.0 Å². The second-order valence-corrected chi connectivity index (χ2v) is 9.51. The summed E-state index contributed by atoms with van der Waals surface area (Å²) >= 11 is 18.2. The summed E-state index contributed by atoms with van der Waals surface area (Å²) in [5.41, 5.74) is 1.77.